The lowest BCUT2D eigenvalue weighted by Crippen LogP contribution is -2.13. The van der Waals surface area contributed by atoms with E-state index in [1.165, 1.54) is 13.8 Å². The molecule has 5 rings (SSSR count). The lowest BCUT2D eigenvalue weighted by Gasteiger charge is -2.04. The summed E-state index contributed by atoms with van der Waals surface area (Å²) >= 11 is 0. The molecule has 5 aromatic carbocycles. The molecule has 47 heavy (non-hydrogen) atoms. The predicted molar refractivity (Wildman–Crippen MR) is 177 cm³/mol. The average molecular weight is 641 g/mol. The number of esters is 2. The molecule has 0 heterocycles. The fourth-order valence-electron chi connectivity index (χ4n) is 2.93. The standard InChI is InChI=1S/C13H10O3.2C8H8O2.C6H6O.2CH2O/c14-13(15-11-7-3-1-4-8-11)16-12-9-5-2-6-10-12;2*1-7(9)10-8-5-3-2-4-6-8;7-6-4-2-1-3-5-6;2*1-2/h1-10H;2*2-6H,1H3;1-5,7H;2*1H2. The number of phenolic OH excluding ortho intramolecular Hbond substituents is 1. The van der Waals surface area contributed by atoms with Crippen molar-refractivity contribution < 1.29 is 48.0 Å². The van der Waals surface area contributed by atoms with Crippen LogP contribution in [0.15, 0.2) is 152 Å². The molecule has 10 heteroatoms. The van der Waals surface area contributed by atoms with Crippen molar-refractivity contribution in [2.45, 2.75) is 13.8 Å². The van der Waals surface area contributed by atoms with E-state index in [4.69, 9.17) is 33.6 Å². The van der Waals surface area contributed by atoms with Gasteiger partial charge in [-0.1, -0.05) is 91.0 Å². The lowest BCUT2D eigenvalue weighted by molar-refractivity contribution is -0.132. The Morgan fingerprint density at radius 3 is 0.809 bits per heavy atom. The molecule has 10 nitrogen and oxygen atoms in total. The molecule has 0 aliphatic heterocycles. The van der Waals surface area contributed by atoms with Gasteiger partial charge in [0, 0.05) is 13.8 Å². The molecule has 0 aromatic heterocycles. The third-order valence-corrected chi connectivity index (χ3v) is 4.65. The Hall–Kier alpha value is -6.55. The minimum atomic E-state index is -0.739. The zero-order valence-electron chi connectivity index (χ0n) is 26.0. The number of aromatic hydroxyl groups is 1. The molecule has 0 saturated carbocycles. The molecule has 0 aliphatic carbocycles. The van der Waals surface area contributed by atoms with Crippen LogP contribution < -0.4 is 18.9 Å². The Balaban J connectivity index is 0.000000602. The number of para-hydroxylation sites is 5. The van der Waals surface area contributed by atoms with Crippen LogP contribution in [0, 0.1) is 0 Å². The Kier molecular flexibility index (Phi) is 23.3. The highest BCUT2D eigenvalue weighted by atomic mass is 16.7. The van der Waals surface area contributed by atoms with Crippen LogP contribution in [0.4, 0.5) is 4.79 Å². The van der Waals surface area contributed by atoms with Gasteiger partial charge in [-0.05, 0) is 60.7 Å². The summed E-state index contributed by atoms with van der Waals surface area (Å²) in [7, 11) is 0. The van der Waals surface area contributed by atoms with Gasteiger partial charge in [-0.2, -0.15) is 0 Å². The van der Waals surface area contributed by atoms with Crippen LogP contribution in [0.5, 0.6) is 28.7 Å². The smallest absolute Gasteiger partial charge is 0.508 e. The van der Waals surface area contributed by atoms with Gasteiger partial charge < -0.3 is 33.6 Å². The number of benzene rings is 5. The molecule has 0 atom stereocenters. The molecular weight excluding hydrogens is 604 g/mol. The van der Waals surface area contributed by atoms with Crippen LogP contribution in [-0.2, 0) is 19.2 Å². The second-order valence-corrected chi connectivity index (χ2v) is 8.23. The van der Waals surface area contributed by atoms with E-state index in [0.717, 1.165) is 0 Å². The van der Waals surface area contributed by atoms with Crippen molar-refractivity contribution in [1.29, 1.82) is 0 Å². The maximum absolute atomic E-state index is 11.3. The summed E-state index contributed by atoms with van der Waals surface area (Å²) in [5.41, 5.74) is 0. The van der Waals surface area contributed by atoms with Crippen LogP contribution in [0.25, 0.3) is 0 Å². The van der Waals surface area contributed by atoms with E-state index in [9.17, 15) is 14.4 Å². The van der Waals surface area contributed by atoms with Gasteiger partial charge in [0.05, 0.1) is 0 Å². The van der Waals surface area contributed by atoms with Crippen molar-refractivity contribution >= 4 is 31.7 Å². The first-order valence-corrected chi connectivity index (χ1v) is 13.6. The van der Waals surface area contributed by atoms with Crippen LogP contribution >= 0.6 is 0 Å². The fourth-order valence-corrected chi connectivity index (χ4v) is 2.93. The van der Waals surface area contributed by atoms with Gasteiger partial charge in [-0.25, -0.2) is 4.79 Å². The summed E-state index contributed by atoms with van der Waals surface area (Å²) in [5.74, 6) is 1.86. The van der Waals surface area contributed by atoms with E-state index < -0.39 is 6.16 Å². The summed E-state index contributed by atoms with van der Waals surface area (Å²) in [6, 6.07) is 44.2. The molecule has 1 N–H and O–H groups in total. The van der Waals surface area contributed by atoms with Crippen LogP contribution in [0.1, 0.15) is 13.8 Å². The van der Waals surface area contributed by atoms with Gasteiger partial charge in [0.25, 0.3) is 0 Å². The minimum Gasteiger partial charge on any atom is -0.508 e. The first kappa shape index (κ1) is 40.5. The number of ether oxygens (including phenoxy) is 4. The van der Waals surface area contributed by atoms with E-state index in [2.05, 4.69) is 0 Å². The van der Waals surface area contributed by atoms with Crippen molar-refractivity contribution in [2.24, 2.45) is 0 Å². The van der Waals surface area contributed by atoms with Crippen molar-refractivity contribution in [3.8, 4) is 28.7 Å². The van der Waals surface area contributed by atoms with Gasteiger partial charge in [-0.3, -0.25) is 9.59 Å². The van der Waals surface area contributed by atoms with E-state index in [-0.39, 0.29) is 11.9 Å². The first-order chi connectivity index (χ1) is 22.8. The Morgan fingerprint density at radius 1 is 0.404 bits per heavy atom. The molecule has 244 valence electrons. The molecule has 0 bridgehead atoms. The van der Waals surface area contributed by atoms with E-state index in [0.29, 0.717) is 28.7 Å². The van der Waals surface area contributed by atoms with Crippen LogP contribution in [0.3, 0.4) is 0 Å². The van der Waals surface area contributed by atoms with Gasteiger partial charge >= 0.3 is 18.1 Å². The maximum atomic E-state index is 11.3. The predicted octanol–water partition coefficient (Wildman–Crippen LogP) is 7.51. The minimum absolute atomic E-state index is 0.286. The highest BCUT2D eigenvalue weighted by molar-refractivity contribution is 5.69. The van der Waals surface area contributed by atoms with Crippen molar-refractivity contribution in [3.63, 3.8) is 0 Å². The fraction of sp³-hybridized carbons (Fsp3) is 0.0541. The Labute approximate surface area is 273 Å². The monoisotopic (exact) mass is 640 g/mol. The van der Waals surface area contributed by atoms with Crippen LogP contribution in [-0.4, -0.2) is 36.8 Å². The Bertz CT molecular complexity index is 1400. The molecular formula is C37H36O10. The SMILES string of the molecule is C=O.C=O.CC(=O)Oc1ccccc1.CC(=O)Oc1ccccc1.O=C(Oc1ccccc1)Oc1ccccc1.Oc1ccccc1. The summed E-state index contributed by atoms with van der Waals surface area (Å²) in [6.07, 6.45) is -0.739. The molecule has 0 spiro atoms. The first-order valence-electron chi connectivity index (χ1n) is 13.6. The topological polar surface area (TPSA) is 142 Å². The van der Waals surface area contributed by atoms with Gasteiger partial charge in [0.1, 0.15) is 42.3 Å². The summed E-state index contributed by atoms with van der Waals surface area (Å²) in [6.45, 7) is 6.76. The zero-order valence-corrected chi connectivity index (χ0v) is 26.0. The van der Waals surface area contributed by atoms with Gasteiger partial charge in [0.2, 0.25) is 0 Å². The molecule has 0 fully saturated rings. The molecule has 0 saturated heterocycles. The quantitative estimate of drug-likeness (QED) is 0.119. The number of phenols is 1. The lowest BCUT2D eigenvalue weighted by atomic mass is 10.3. The second-order valence-electron chi connectivity index (χ2n) is 8.23. The Morgan fingerprint density at radius 2 is 0.617 bits per heavy atom. The second kappa shape index (κ2) is 27.0. The number of hydrogen-bond donors (Lipinski definition) is 1. The summed E-state index contributed by atoms with van der Waals surface area (Å²) in [5, 5.41) is 8.63. The van der Waals surface area contributed by atoms with E-state index in [1.807, 2.05) is 68.2 Å². The number of rotatable bonds is 4. The number of hydrogen-bond acceptors (Lipinski definition) is 10. The highest BCUT2D eigenvalue weighted by Gasteiger charge is 2.06. The molecule has 0 aliphatic rings. The molecule has 5 aromatic rings. The number of carbonyl (C=O) groups excluding carboxylic acids is 5. The third kappa shape index (κ3) is 22.6. The van der Waals surface area contributed by atoms with Crippen molar-refractivity contribution in [1.82, 2.24) is 0 Å². The number of carbonyl (C=O) groups is 5. The van der Waals surface area contributed by atoms with Gasteiger partial charge in [-0.15, -0.1) is 0 Å². The molecule has 0 unspecified atom stereocenters. The van der Waals surface area contributed by atoms with E-state index >= 15 is 0 Å². The third-order valence-electron chi connectivity index (χ3n) is 4.65. The largest absolute Gasteiger partial charge is 0.519 e. The molecule has 0 amide bonds. The van der Waals surface area contributed by atoms with Crippen LogP contribution in [0.2, 0.25) is 0 Å². The van der Waals surface area contributed by atoms with Crippen molar-refractivity contribution in [2.75, 3.05) is 0 Å². The normalized spacial score (nSPS) is 8.47. The average Bonchev–Trinajstić information content (AvgIpc) is 3.09. The van der Waals surface area contributed by atoms with Gasteiger partial charge in [0.15, 0.2) is 0 Å². The maximum Gasteiger partial charge on any atom is 0.519 e. The highest BCUT2D eigenvalue weighted by Crippen LogP contribution is 2.13. The molecule has 0 radical (unpaired) electrons. The van der Waals surface area contributed by atoms with E-state index in [1.54, 1.807) is 97.1 Å². The zero-order chi connectivity index (χ0) is 35.1. The summed E-state index contributed by atoms with van der Waals surface area (Å²) in [4.78, 5) is 48.1. The summed E-state index contributed by atoms with van der Waals surface area (Å²) < 4.78 is 19.5. The van der Waals surface area contributed by atoms with Crippen molar-refractivity contribution in [3.05, 3.63) is 152 Å².